The largest absolute Gasteiger partial charge is 0.507 e. The van der Waals surface area contributed by atoms with Gasteiger partial charge in [-0.15, -0.1) is 0 Å². The van der Waals surface area contributed by atoms with E-state index in [1.165, 1.54) is 25.3 Å². The van der Waals surface area contributed by atoms with Gasteiger partial charge in [-0.25, -0.2) is 9.59 Å². The Kier molecular flexibility index (Phi) is 4.93. The molecular formula is C13H18N2O5. The molecule has 0 fully saturated rings. The SMILES string of the molecule is COCC(C)(C)NC(=O)Nc1ccc(O)c(C(=O)O)c1. The lowest BCUT2D eigenvalue weighted by atomic mass is 10.1. The summed E-state index contributed by atoms with van der Waals surface area (Å²) in [6, 6.07) is 3.30. The molecule has 0 aliphatic heterocycles. The van der Waals surface area contributed by atoms with Gasteiger partial charge < -0.3 is 25.6 Å². The number of nitrogens with one attached hydrogen (secondary N) is 2. The Bertz CT molecular complexity index is 513. The topological polar surface area (TPSA) is 108 Å². The zero-order chi connectivity index (χ0) is 15.3. The van der Waals surface area contributed by atoms with E-state index in [0.29, 0.717) is 6.61 Å². The number of carboxylic acid groups (broad SMARTS) is 1. The van der Waals surface area contributed by atoms with Crippen molar-refractivity contribution in [2.24, 2.45) is 0 Å². The van der Waals surface area contributed by atoms with Crippen LogP contribution in [0.1, 0.15) is 24.2 Å². The first-order valence-corrected chi connectivity index (χ1v) is 5.89. The van der Waals surface area contributed by atoms with E-state index in [-0.39, 0.29) is 17.0 Å². The van der Waals surface area contributed by atoms with Gasteiger partial charge in [0.05, 0.1) is 12.1 Å². The van der Waals surface area contributed by atoms with Gasteiger partial charge in [0.25, 0.3) is 0 Å². The van der Waals surface area contributed by atoms with Crippen LogP contribution in [0.25, 0.3) is 0 Å². The minimum atomic E-state index is -1.27. The maximum Gasteiger partial charge on any atom is 0.339 e. The Balaban J connectivity index is 2.76. The van der Waals surface area contributed by atoms with Crippen LogP contribution in [0.5, 0.6) is 5.75 Å². The van der Waals surface area contributed by atoms with Crippen molar-refractivity contribution in [2.75, 3.05) is 19.0 Å². The highest BCUT2D eigenvalue weighted by Gasteiger charge is 2.20. The summed E-state index contributed by atoms with van der Waals surface area (Å²) in [7, 11) is 1.53. The van der Waals surface area contributed by atoms with Crippen molar-refractivity contribution in [3.63, 3.8) is 0 Å². The van der Waals surface area contributed by atoms with Crippen LogP contribution in [-0.2, 0) is 4.74 Å². The molecule has 0 aromatic heterocycles. The number of rotatable bonds is 5. The number of phenols is 1. The summed E-state index contributed by atoms with van der Waals surface area (Å²) in [5.74, 6) is -1.63. The lowest BCUT2D eigenvalue weighted by molar-refractivity contribution is 0.0693. The number of carbonyl (C=O) groups excluding carboxylic acids is 1. The summed E-state index contributed by atoms with van der Waals surface area (Å²) in [4.78, 5) is 22.7. The maximum absolute atomic E-state index is 11.8. The third kappa shape index (κ3) is 4.43. The number of carboxylic acids is 1. The molecule has 0 radical (unpaired) electrons. The summed E-state index contributed by atoms with van der Waals surface area (Å²) in [5.41, 5.74) is -0.573. The van der Waals surface area contributed by atoms with Crippen LogP contribution in [0.4, 0.5) is 10.5 Å². The molecule has 0 heterocycles. The van der Waals surface area contributed by atoms with E-state index in [4.69, 9.17) is 9.84 Å². The fourth-order valence-corrected chi connectivity index (χ4v) is 1.65. The number of hydrogen-bond donors (Lipinski definition) is 4. The van der Waals surface area contributed by atoms with Crippen LogP contribution >= 0.6 is 0 Å². The Morgan fingerprint density at radius 1 is 1.35 bits per heavy atom. The van der Waals surface area contributed by atoms with Crippen LogP contribution in [0.15, 0.2) is 18.2 Å². The fraction of sp³-hybridized carbons (Fsp3) is 0.385. The van der Waals surface area contributed by atoms with Crippen LogP contribution in [-0.4, -0.2) is 41.5 Å². The monoisotopic (exact) mass is 282 g/mol. The van der Waals surface area contributed by atoms with Crippen molar-refractivity contribution in [1.82, 2.24) is 5.32 Å². The number of aromatic carboxylic acids is 1. The number of aromatic hydroxyl groups is 1. The van der Waals surface area contributed by atoms with Crippen LogP contribution in [0.3, 0.4) is 0 Å². The Hall–Kier alpha value is -2.28. The smallest absolute Gasteiger partial charge is 0.339 e. The second-order valence-electron chi connectivity index (χ2n) is 4.93. The van der Waals surface area contributed by atoms with Crippen molar-refractivity contribution in [3.8, 4) is 5.75 Å². The summed E-state index contributed by atoms with van der Waals surface area (Å²) in [6.45, 7) is 3.90. The number of hydrogen-bond acceptors (Lipinski definition) is 4. The molecule has 7 heteroatoms. The molecule has 20 heavy (non-hydrogen) atoms. The second kappa shape index (κ2) is 6.25. The number of anilines is 1. The Morgan fingerprint density at radius 2 is 2.00 bits per heavy atom. The van der Waals surface area contributed by atoms with Gasteiger partial charge in [-0.3, -0.25) is 0 Å². The fourth-order valence-electron chi connectivity index (χ4n) is 1.65. The molecule has 4 N–H and O–H groups in total. The van der Waals surface area contributed by atoms with Gasteiger partial charge in [0, 0.05) is 12.8 Å². The number of carbonyl (C=O) groups is 2. The molecule has 0 saturated heterocycles. The highest BCUT2D eigenvalue weighted by atomic mass is 16.5. The minimum absolute atomic E-state index is 0.269. The lowest BCUT2D eigenvalue weighted by Crippen LogP contribution is -2.48. The first-order chi connectivity index (χ1) is 9.25. The molecule has 0 saturated carbocycles. The third-order valence-corrected chi connectivity index (χ3v) is 2.44. The standard InChI is InChI=1S/C13H18N2O5/c1-13(2,7-20-3)15-12(19)14-8-4-5-10(16)9(6-8)11(17)18/h4-6,16H,7H2,1-3H3,(H,17,18)(H2,14,15,19). The summed E-state index contributed by atoms with van der Waals surface area (Å²) >= 11 is 0. The molecule has 1 aromatic carbocycles. The zero-order valence-corrected chi connectivity index (χ0v) is 11.6. The van der Waals surface area contributed by atoms with E-state index in [2.05, 4.69) is 10.6 Å². The highest BCUT2D eigenvalue weighted by Crippen LogP contribution is 2.21. The van der Waals surface area contributed by atoms with E-state index >= 15 is 0 Å². The second-order valence-corrected chi connectivity index (χ2v) is 4.93. The number of methoxy groups -OCH3 is 1. The zero-order valence-electron chi connectivity index (χ0n) is 11.6. The van der Waals surface area contributed by atoms with Gasteiger partial charge in [-0.05, 0) is 32.0 Å². The Morgan fingerprint density at radius 3 is 2.55 bits per heavy atom. The van der Waals surface area contributed by atoms with E-state index < -0.39 is 17.5 Å². The summed E-state index contributed by atoms with van der Waals surface area (Å²) in [5, 5.41) is 23.4. The van der Waals surface area contributed by atoms with Gasteiger partial charge >= 0.3 is 12.0 Å². The van der Waals surface area contributed by atoms with Crippen molar-refractivity contribution in [2.45, 2.75) is 19.4 Å². The van der Waals surface area contributed by atoms with Gasteiger partial charge in [0.15, 0.2) is 0 Å². The lowest BCUT2D eigenvalue weighted by Gasteiger charge is -2.25. The summed E-state index contributed by atoms with van der Waals surface area (Å²) < 4.78 is 4.97. The highest BCUT2D eigenvalue weighted by molar-refractivity contribution is 5.95. The van der Waals surface area contributed by atoms with Gasteiger partial charge in [-0.2, -0.15) is 0 Å². The first-order valence-electron chi connectivity index (χ1n) is 5.89. The van der Waals surface area contributed by atoms with Crippen molar-refractivity contribution < 1.29 is 24.5 Å². The van der Waals surface area contributed by atoms with Crippen LogP contribution in [0.2, 0.25) is 0 Å². The molecule has 0 aliphatic carbocycles. The van der Waals surface area contributed by atoms with E-state index in [9.17, 15) is 14.7 Å². The minimum Gasteiger partial charge on any atom is -0.507 e. The van der Waals surface area contributed by atoms with E-state index in [1.54, 1.807) is 13.8 Å². The molecule has 1 rings (SSSR count). The van der Waals surface area contributed by atoms with E-state index in [0.717, 1.165) is 0 Å². The third-order valence-electron chi connectivity index (χ3n) is 2.44. The quantitative estimate of drug-likeness (QED) is 0.614. The molecule has 0 bridgehead atoms. The molecule has 7 nitrogen and oxygen atoms in total. The van der Waals surface area contributed by atoms with Crippen molar-refractivity contribution in [3.05, 3.63) is 23.8 Å². The number of urea groups is 1. The van der Waals surface area contributed by atoms with E-state index in [1.807, 2.05) is 0 Å². The number of amides is 2. The molecule has 0 unspecified atom stereocenters. The van der Waals surface area contributed by atoms with Crippen molar-refractivity contribution >= 4 is 17.7 Å². The molecule has 0 atom stereocenters. The van der Waals surface area contributed by atoms with Crippen LogP contribution in [0, 0.1) is 0 Å². The average molecular weight is 282 g/mol. The van der Waals surface area contributed by atoms with Gasteiger partial charge in [-0.1, -0.05) is 0 Å². The number of ether oxygens (including phenoxy) is 1. The predicted octanol–water partition coefficient (Wildman–Crippen LogP) is 1.64. The maximum atomic E-state index is 11.8. The average Bonchev–Trinajstić information content (AvgIpc) is 2.30. The summed E-state index contributed by atoms with van der Waals surface area (Å²) in [6.07, 6.45) is 0. The molecule has 0 aliphatic rings. The van der Waals surface area contributed by atoms with Crippen molar-refractivity contribution in [1.29, 1.82) is 0 Å². The predicted molar refractivity (Wildman–Crippen MR) is 73.2 cm³/mol. The van der Waals surface area contributed by atoms with Crippen LogP contribution < -0.4 is 10.6 Å². The normalized spacial score (nSPS) is 10.9. The molecule has 2 amide bonds. The van der Waals surface area contributed by atoms with Gasteiger partial charge in [0.1, 0.15) is 11.3 Å². The molecule has 1 aromatic rings. The first kappa shape index (κ1) is 15.8. The Labute approximate surface area is 116 Å². The molecule has 110 valence electrons. The number of benzene rings is 1. The molecular weight excluding hydrogens is 264 g/mol. The van der Waals surface area contributed by atoms with Gasteiger partial charge in [0.2, 0.25) is 0 Å². The molecule has 0 spiro atoms.